The van der Waals surface area contributed by atoms with Gasteiger partial charge >= 0.3 is 0 Å². The summed E-state index contributed by atoms with van der Waals surface area (Å²) in [6, 6.07) is 15.5. The monoisotopic (exact) mass is 563 g/mol. The molecule has 0 saturated carbocycles. The molecule has 1 amide bonds. The fourth-order valence-corrected chi connectivity index (χ4v) is 6.00. The van der Waals surface area contributed by atoms with Crippen molar-refractivity contribution in [3.8, 4) is 0 Å². The number of hydrogen-bond donors (Lipinski definition) is 2. The molecule has 3 heterocycles. The third-order valence-corrected chi connectivity index (χ3v) is 8.26. The second kappa shape index (κ2) is 10.6. The molecule has 39 heavy (non-hydrogen) atoms. The molecule has 202 valence electrons. The number of allylic oxidation sites excluding steroid dienone is 1. The van der Waals surface area contributed by atoms with Gasteiger partial charge in [-0.2, -0.15) is 0 Å². The molecule has 0 unspecified atom stereocenters. The zero-order chi connectivity index (χ0) is 27.9. The largest absolute Gasteiger partial charge is 0.365 e. The molecule has 2 atom stereocenters. The Morgan fingerprint density at radius 1 is 1.21 bits per heavy atom. The van der Waals surface area contributed by atoms with Crippen molar-refractivity contribution in [2.75, 3.05) is 23.8 Å². The number of rotatable bonds is 6. The van der Waals surface area contributed by atoms with Crippen molar-refractivity contribution in [1.82, 2.24) is 15.2 Å². The fraction of sp³-hybridized carbons (Fsp3) is 0.300. The highest BCUT2D eigenvalue weighted by molar-refractivity contribution is 7.80. The Balaban J connectivity index is 1.50. The minimum atomic E-state index is -0.477. The van der Waals surface area contributed by atoms with E-state index < -0.39 is 5.82 Å². The van der Waals surface area contributed by atoms with Crippen LogP contribution >= 0.6 is 23.8 Å². The summed E-state index contributed by atoms with van der Waals surface area (Å²) in [5.74, 6) is -0.781. The molecular formula is C30H31ClFN5OS. The Labute approximate surface area is 238 Å². The minimum absolute atomic E-state index is 0.111. The molecule has 1 saturated heterocycles. The highest BCUT2D eigenvalue weighted by Crippen LogP contribution is 2.46. The minimum Gasteiger partial charge on any atom is -0.365 e. The summed E-state index contributed by atoms with van der Waals surface area (Å²) in [7, 11) is 2.07. The van der Waals surface area contributed by atoms with E-state index in [-0.39, 0.29) is 35.6 Å². The average molecular weight is 564 g/mol. The van der Waals surface area contributed by atoms with Gasteiger partial charge in [0, 0.05) is 42.5 Å². The number of amides is 1. The topological polar surface area (TPSA) is 60.5 Å². The van der Waals surface area contributed by atoms with E-state index in [1.807, 2.05) is 29.2 Å². The van der Waals surface area contributed by atoms with Gasteiger partial charge in [0.2, 0.25) is 5.91 Å². The van der Waals surface area contributed by atoms with Gasteiger partial charge < -0.3 is 20.4 Å². The van der Waals surface area contributed by atoms with Crippen LogP contribution in [-0.4, -0.2) is 40.0 Å². The van der Waals surface area contributed by atoms with E-state index in [2.05, 4.69) is 60.5 Å². The summed E-state index contributed by atoms with van der Waals surface area (Å²) < 4.78 is 14.1. The van der Waals surface area contributed by atoms with Gasteiger partial charge in [-0.05, 0) is 80.5 Å². The number of thiocarbonyl (C=S) groups is 1. The number of nitrogens with zero attached hydrogens (tertiary/aromatic N) is 3. The summed E-state index contributed by atoms with van der Waals surface area (Å²) in [6.07, 6.45) is 4.12. The summed E-state index contributed by atoms with van der Waals surface area (Å²) in [5, 5.41) is 7.20. The maximum Gasteiger partial charge on any atom is 0.226 e. The number of halogens is 2. The molecule has 9 heteroatoms. The van der Waals surface area contributed by atoms with E-state index in [0.29, 0.717) is 16.7 Å². The molecule has 2 aromatic carbocycles. The highest BCUT2D eigenvalue weighted by Gasteiger charge is 2.41. The number of carbonyl (C=O) groups excluding carboxylic acids is 1. The van der Waals surface area contributed by atoms with E-state index in [1.54, 1.807) is 18.3 Å². The predicted octanol–water partition coefficient (Wildman–Crippen LogP) is 6.51. The lowest BCUT2D eigenvalue weighted by molar-refractivity contribution is -0.116. The van der Waals surface area contributed by atoms with Crippen LogP contribution in [-0.2, 0) is 4.79 Å². The molecule has 2 aliphatic heterocycles. The summed E-state index contributed by atoms with van der Waals surface area (Å²) in [5.41, 5.74) is 5.06. The van der Waals surface area contributed by atoms with Crippen LogP contribution in [0.25, 0.3) is 5.57 Å². The van der Waals surface area contributed by atoms with Gasteiger partial charge in [-0.3, -0.25) is 9.78 Å². The lowest BCUT2D eigenvalue weighted by Crippen LogP contribution is -2.42. The first-order valence-corrected chi connectivity index (χ1v) is 13.6. The number of nitrogens with one attached hydrogen (secondary N) is 2. The lowest BCUT2D eigenvalue weighted by atomic mass is 9.86. The second-order valence-corrected chi connectivity index (χ2v) is 11.3. The van der Waals surface area contributed by atoms with Crippen molar-refractivity contribution < 1.29 is 9.18 Å². The molecule has 0 aliphatic carbocycles. The maximum atomic E-state index is 14.1. The number of anilines is 2. The van der Waals surface area contributed by atoms with Crippen LogP contribution in [0.3, 0.4) is 0 Å². The van der Waals surface area contributed by atoms with Crippen LogP contribution in [0.1, 0.15) is 56.1 Å². The van der Waals surface area contributed by atoms with E-state index in [1.165, 1.54) is 17.7 Å². The average Bonchev–Trinajstić information content (AvgIpc) is 3.23. The van der Waals surface area contributed by atoms with Crippen LogP contribution in [0.2, 0.25) is 5.02 Å². The fourth-order valence-electron chi connectivity index (χ4n) is 5.40. The van der Waals surface area contributed by atoms with Crippen LogP contribution in [0, 0.1) is 5.82 Å². The normalized spacial score (nSPS) is 19.8. The number of hydrogen-bond acceptors (Lipinski definition) is 4. The van der Waals surface area contributed by atoms with Crippen molar-refractivity contribution in [2.24, 2.45) is 0 Å². The predicted molar refractivity (Wildman–Crippen MR) is 159 cm³/mol. The van der Waals surface area contributed by atoms with Crippen molar-refractivity contribution in [3.05, 3.63) is 94.5 Å². The number of likely N-dealkylation sites (N-methyl/N-ethyl adjacent to an activating group) is 1. The van der Waals surface area contributed by atoms with Gasteiger partial charge in [0.15, 0.2) is 5.11 Å². The Hall–Kier alpha value is -3.49. The smallest absolute Gasteiger partial charge is 0.226 e. The molecule has 5 rings (SSSR count). The molecule has 1 aromatic heterocycles. The van der Waals surface area contributed by atoms with Gasteiger partial charge in [0.1, 0.15) is 5.82 Å². The summed E-state index contributed by atoms with van der Waals surface area (Å²) >= 11 is 12.8. The van der Waals surface area contributed by atoms with Crippen LogP contribution < -0.4 is 15.5 Å². The molecule has 0 bridgehead atoms. The number of para-hydroxylation sites is 1. The molecular weight excluding hydrogens is 533 g/mol. The van der Waals surface area contributed by atoms with E-state index in [9.17, 15) is 9.18 Å². The van der Waals surface area contributed by atoms with Crippen molar-refractivity contribution in [1.29, 1.82) is 0 Å². The Kier molecular flexibility index (Phi) is 7.35. The third kappa shape index (κ3) is 5.23. The third-order valence-electron chi connectivity index (χ3n) is 7.58. The number of aromatic nitrogens is 1. The number of pyridine rings is 1. The van der Waals surface area contributed by atoms with E-state index >= 15 is 0 Å². The van der Waals surface area contributed by atoms with Gasteiger partial charge in [-0.25, -0.2) is 4.39 Å². The molecule has 3 aromatic rings. The molecule has 0 radical (unpaired) electrons. The van der Waals surface area contributed by atoms with Gasteiger partial charge in [0.25, 0.3) is 0 Å². The SMILES string of the molecule is CC1=CC(C)(C)N(C)c2cc(Cl)c([C@@H]3[C@H](c4ccccn4)NC(=S)N3CCC(=O)Nc3ccccc3F)cc21. The van der Waals surface area contributed by atoms with Crippen molar-refractivity contribution in [2.45, 2.75) is 44.8 Å². The number of benzene rings is 2. The lowest BCUT2D eigenvalue weighted by Gasteiger charge is -2.41. The van der Waals surface area contributed by atoms with Gasteiger partial charge in [-0.15, -0.1) is 0 Å². The standard InChI is InChI=1S/C30H31ClFN5OS/c1-18-17-30(2,3)36(4)25-16-21(31)20(15-19(18)25)28-27(24-11-7-8-13-33-24)35-29(39)37(28)14-12-26(38)34-23-10-6-5-9-22(23)32/h5-11,13,15-17,27-28H,12,14H2,1-4H3,(H,34,38)(H,35,39)/t27-,28+/m0/s1. The highest BCUT2D eigenvalue weighted by atomic mass is 35.5. The summed E-state index contributed by atoms with van der Waals surface area (Å²) in [6.45, 7) is 6.77. The van der Waals surface area contributed by atoms with Crippen LogP contribution in [0.5, 0.6) is 0 Å². The summed E-state index contributed by atoms with van der Waals surface area (Å²) in [4.78, 5) is 21.6. The van der Waals surface area contributed by atoms with E-state index in [4.69, 9.17) is 23.8 Å². The van der Waals surface area contributed by atoms with Gasteiger partial charge in [0.05, 0.1) is 29.0 Å². The first kappa shape index (κ1) is 27.1. The number of carbonyl (C=O) groups is 1. The number of fused-ring (bicyclic) bond motifs is 1. The molecule has 2 aliphatic rings. The zero-order valence-electron chi connectivity index (χ0n) is 22.3. The molecule has 2 N–H and O–H groups in total. The van der Waals surface area contributed by atoms with Crippen molar-refractivity contribution in [3.63, 3.8) is 0 Å². The molecule has 0 spiro atoms. The van der Waals surface area contributed by atoms with Crippen molar-refractivity contribution >= 4 is 51.8 Å². The maximum absolute atomic E-state index is 14.1. The van der Waals surface area contributed by atoms with E-state index in [0.717, 1.165) is 22.5 Å². The Bertz CT molecular complexity index is 1460. The van der Waals surface area contributed by atoms with Crippen LogP contribution in [0.4, 0.5) is 15.8 Å². The Morgan fingerprint density at radius 3 is 2.67 bits per heavy atom. The first-order valence-electron chi connectivity index (χ1n) is 12.9. The quantitative estimate of drug-likeness (QED) is 0.334. The molecule has 1 fully saturated rings. The zero-order valence-corrected chi connectivity index (χ0v) is 23.9. The first-order chi connectivity index (χ1) is 18.6. The Morgan fingerprint density at radius 2 is 1.95 bits per heavy atom. The van der Waals surface area contributed by atoms with Crippen LogP contribution in [0.15, 0.2) is 66.9 Å². The second-order valence-electron chi connectivity index (χ2n) is 10.5. The van der Waals surface area contributed by atoms with Gasteiger partial charge in [-0.1, -0.05) is 35.9 Å². The molecule has 6 nitrogen and oxygen atoms in total.